The average Bonchev–Trinajstić information content (AvgIpc) is 3.49. The van der Waals surface area contributed by atoms with Crippen LogP contribution in [0.3, 0.4) is 0 Å². The highest BCUT2D eigenvalue weighted by Crippen LogP contribution is 2.39. The lowest BCUT2D eigenvalue weighted by atomic mass is 9.92. The predicted molar refractivity (Wildman–Crippen MR) is 152 cm³/mol. The first-order valence-corrected chi connectivity index (χ1v) is 13.7. The Morgan fingerprint density at radius 2 is 2.07 bits per heavy atom. The SMILES string of the molecule is Cc1c(-c2c([C@H](OC(C)(C)C)C(=O)O)cnc3cc(-c4nc5ccc(Cl)cc5n4C)[nH][n+]23)cc(F)c2c1CCCO2. The number of benzene rings is 2. The molecule has 1 aliphatic rings. The second-order valence-corrected chi connectivity index (χ2v) is 11.7. The Kier molecular flexibility index (Phi) is 6.50. The summed E-state index contributed by atoms with van der Waals surface area (Å²) in [4.78, 5) is 22.0. The Labute approximate surface area is 240 Å². The van der Waals surface area contributed by atoms with Gasteiger partial charge in [0.25, 0.3) is 0 Å². The van der Waals surface area contributed by atoms with Crippen molar-refractivity contribution in [3.05, 3.63) is 64.1 Å². The van der Waals surface area contributed by atoms with E-state index in [-0.39, 0.29) is 11.3 Å². The third-order valence-corrected chi connectivity index (χ3v) is 7.56. The molecule has 2 N–H and O–H groups in total. The van der Waals surface area contributed by atoms with Crippen molar-refractivity contribution < 1.29 is 28.3 Å². The fraction of sp³-hybridized carbons (Fsp3) is 0.333. The monoisotopic (exact) mass is 578 g/mol. The van der Waals surface area contributed by atoms with E-state index in [2.05, 4.69) is 10.1 Å². The number of aryl methyl sites for hydroxylation is 1. The molecule has 0 amide bonds. The first-order valence-electron chi connectivity index (χ1n) is 13.3. The van der Waals surface area contributed by atoms with Crippen molar-refractivity contribution in [2.45, 2.75) is 52.2 Å². The molecule has 9 nitrogen and oxygen atoms in total. The van der Waals surface area contributed by atoms with Crippen molar-refractivity contribution in [1.29, 1.82) is 0 Å². The minimum absolute atomic E-state index is 0.251. The Morgan fingerprint density at radius 3 is 2.80 bits per heavy atom. The van der Waals surface area contributed by atoms with E-state index in [1.807, 2.05) is 36.7 Å². The molecule has 0 bridgehead atoms. The third kappa shape index (κ3) is 4.70. The number of carboxylic acid groups (broad SMARTS) is 1. The summed E-state index contributed by atoms with van der Waals surface area (Å²) < 4.78 is 30.8. The molecular weight excluding hydrogens is 549 g/mol. The van der Waals surface area contributed by atoms with E-state index in [4.69, 9.17) is 26.1 Å². The van der Waals surface area contributed by atoms with E-state index >= 15 is 4.39 Å². The Balaban J connectivity index is 1.65. The molecule has 41 heavy (non-hydrogen) atoms. The van der Waals surface area contributed by atoms with Crippen molar-refractivity contribution in [2.75, 3.05) is 6.61 Å². The molecule has 5 aromatic rings. The summed E-state index contributed by atoms with van der Waals surface area (Å²) in [5.74, 6) is -0.802. The lowest BCUT2D eigenvalue weighted by molar-refractivity contribution is -0.567. The van der Waals surface area contributed by atoms with Crippen molar-refractivity contribution in [2.24, 2.45) is 7.05 Å². The summed E-state index contributed by atoms with van der Waals surface area (Å²) in [5, 5.41) is 14.2. The van der Waals surface area contributed by atoms with Crippen molar-refractivity contribution in [3.63, 3.8) is 0 Å². The van der Waals surface area contributed by atoms with Gasteiger partial charge in [0.2, 0.25) is 0 Å². The van der Waals surface area contributed by atoms with E-state index in [9.17, 15) is 9.90 Å². The van der Waals surface area contributed by atoms with Crippen LogP contribution in [-0.2, 0) is 23.0 Å². The molecule has 0 fully saturated rings. The number of H-pyrrole nitrogens is 1. The largest absolute Gasteiger partial charge is 0.490 e. The van der Waals surface area contributed by atoms with Crippen molar-refractivity contribution >= 4 is 34.3 Å². The highest BCUT2D eigenvalue weighted by molar-refractivity contribution is 6.31. The van der Waals surface area contributed by atoms with Crippen LogP contribution in [0, 0.1) is 12.7 Å². The second kappa shape index (κ2) is 9.81. The van der Waals surface area contributed by atoms with Crippen LogP contribution in [0.25, 0.3) is 39.5 Å². The standard InChI is InChI=1S/C30H29ClFN5O4/c1-15-17-7-6-10-40-26(17)20(32)12-18(15)25-19(27(29(38)39)41-30(2,3)4)14-33-24-13-22(35-37(24)25)28-34-21-9-8-16(31)11-23(21)36(28)5/h8-9,11-14,27H,6-7,10H2,1-5H3,(H,38,39)/p+1/t27-/m0/s1. The molecule has 0 saturated heterocycles. The molecule has 11 heteroatoms. The van der Waals surface area contributed by atoms with Gasteiger partial charge in [0.05, 0.1) is 34.9 Å². The van der Waals surface area contributed by atoms with Gasteiger partial charge in [-0.05, 0) is 75.3 Å². The van der Waals surface area contributed by atoms with E-state index in [1.165, 1.54) is 12.3 Å². The number of carbonyl (C=O) groups is 1. The molecule has 6 rings (SSSR count). The Bertz CT molecular complexity index is 1860. The summed E-state index contributed by atoms with van der Waals surface area (Å²) in [6.07, 6.45) is 1.54. The highest BCUT2D eigenvalue weighted by atomic mass is 35.5. The maximum atomic E-state index is 15.5. The van der Waals surface area contributed by atoms with Crippen LogP contribution in [0.5, 0.6) is 5.75 Å². The Hall–Kier alpha value is -4.02. The molecule has 1 aliphatic heterocycles. The van der Waals surface area contributed by atoms with Crippen LogP contribution in [0.4, 0.5) is 4.39 Å². The van der Waals surface area contributed by atoms with E-state index in [0.717, 1.165) is 28.6 Å². The van der Waals surface area contributed by atoms with Crippen molar-refractivity contribution in [1.82, 2.24) is 19.6 Å². The molecule has 4 heterocycles. The minimum atomic E-state index is -1.37. The first kappa shape index (κ1) is 27.2. The zero-order valence-corrected chi connectivity index (χ0v) is 24.1. The maximum Gasteiger partial charge on any atom is 0.349 e. The number of halogens is 2. The van der Waals surface area contributed by atoms with Gasteiger partial charge in [0, 0.05) is 23.2 Å². The zero-order valence-electron chi connectivity index (χ0n) is 23.4. The smallest absolute Gasteiger partial charge is 0.349 e. The molecule has 0 aliphatic carbocycles. The number of fused-ring (bicyclic) bond motifs is 3. The highest BCUT2D eigenvalue weighted by Gasteiger charge is 2.36. The number of nitrogens with zero attached hydrogens (tertiary/aromatic N) is 4. The molecule has 0 spiro atoms. The fourth-order valence-corrected chi connectivity index (χ4v) is 5.65. The fourth-order valence-electron chi connectivity index (χ4n) is 5.49. The zero-order chi connectivity index (χ0) is 29.2. The van der Waals surface area contributed by atoms with Gasteiger partial charge in [-0.25, -0.2) is 19.3 Å². The number of hydrogen-bond acceptors (Lipinski definition) is 5. The molecule has 1 atom stereocenters. The van der Waals surface area contributed by atoms with Crippen LogP contribution < -0.4 is 9.25 Å². The van der Waals surface area contributed by atoms with Crippen LogP contribution in [0.1, 0.15) is 50.0 Å². The van der Waals surface area contributed by atoms with E-state index in [1.54, 1.807) is 31.4 Å². The summed E-state index contributed by atoms with van der Waals surface area (Å²) in [6.45, 7) is 7.71. The van der Waals surface area contributed by atoms with Gasteiger partial charge in [-0.2, -0.15) is 0 Å². The molecule has 2 aromatic carbocycles. The van der Waals surface area contributed by atoms with Gasteiger partial charge < -0.3 is 19.1 Å². The van der Waals surface area contributed by atoms with Crippen LogP contribution in [-0.4, -0.2) is 42.9 Å². The molecular formula is C30H30ClFN5O4+. The number of ether oxygens (including phenoxy) is 2. The van der Waals surface area contributed by atoms with Gasteiger partial charge in [0.1, 0.15) is 5.69 Å². The number of aromatic amines is 1. The average molecular weight is 579 g/mol. The third-order valence-electron chi connectivity index (χ3n) is 7.32. The van der Waals surface area contributed by atoms with Crippen molar-refractivity contribution in [3.8, 4) is 28.5 Å². The number of aromatic nitrogens is 5. The number of rotatable bonds is 5. The van der Waals surface area contributed by atoms with Crippen LogP contribution in [0.15, 0.2) is 36.5 Å². The molecule has 3 aromatic heterocycles. The van der Waals surface area contributed by atoms with Gasteiger partial charge >= 0.3 is 11.6 Å². The summed E-state index contributed by atoms with van der Waals surface area (Å²) in [5.41, 5.74) is 4.78. The molecule has 0 unspecified atom stereocenters. The quantitative estimate of drug-likeness (QED) is 0.258. The summed E-state index contributed by atoms with van der Waals surface area (Å²) in [7, 11) is 1.89. The van der Waals surface area contributed by atoms with Gasteiger partial charge in [-0.1, -0.05) is 11.6 Å². The van der Waals surface area contributed by atoms with E-state index < -0.39 is 23.5 Å². The van der Waals surface area contributed by atoms with Crippen LogP contribution in [0.2, 0.25) is 5.02 Å². The minimum Gasteiger partial charge on any atom is -0.490 e. The van der Waals surface area contributed by atoms with Crippen LogP contribution >= 0.6 is 11.6 Å². The molecule has 212 valence electrons. The topological polar surface area (TPSA) is 106 Å². The number of nitrogens with one attached hydrogen (secondary N) is 1. The predicted octanol–water partition coefficient (Wildman–Crippen LogP) is 5.74. The van der Waals surface area contributed by atoms with E-state index in [0.29, 0.717) is 46.5 Å². The summed E-state index contributed by atoms with van der Waals surface area (Å²) in [6, 6.07) is 8.70. The number of aliphatic carboxylic acids is 1. The Morgan fingerprint density at radius 1 is 1.29 bits per heavy atom. The number of imidazole rings is 1. The molecule has 0 saturated carbocycles. The number of hydrogen-bond donors (Lipinski definition) is 2. The van der Waals surface area contributed by atoms with Gasteiger partial charge in [0.15, 0.2) is 35.4 Å². The lowest BCUT2D eigenvalue weighted by Crippen LogP contribution is -2.34. The number of carboxylic acids is 1. The maximum absolute atomic E-state index is 15.5. The molecule has 0 radical (unpaired) electrons. The second-order valence-electron chi connectivity index (χ2n) is 11.3. The first-order chi connectivity index (χ1) is 19.4. The van der Waals surface area contributed by atoms with Gasteiger partial charge in [-0.3, -0.25) is 0 Å². The van der Waals surface area contributed by atoms with Gasteiger partial charge in [-0.15, -0.1) is 4.52 Å². The summed E-state index contributed by atoms with van der Waals surface area (Å²) >= 11 is 6.23. The lowest BCUT2D eigenvalue weighted by Gasteiger charge is -2.26. The normalized spacial score (nSPS) is 14.3.